The quantitative estimate of drug-likeness (QED) is 0.800. The molecule has 0 amide bonds. The highest BCUT2D eigenvalue weighted by molar-refractivity contribution is 5.95. The molecule has 0 aliphatic carbocycles. The minimum Gasteiger partial charge on any atom is -0.453 e. The second-order valence-electron chi connectivity index (χ2n) is 3.66. The molecule has 16 heavy (non-hydrogen) atoms. The van der Waals surface area contributed by atoms with Crippen LogP contribution in [-0.2, 0) is 0 Å². The first-order valence-electron chi connectivity index (χ1n) is 5.11. The number of carbonyl (C=O) groups is 1. The molecule has 2 aromatic rings. The van der Waals surface area contributed by atoms with Gasteiger partial charge in [0.2, 0.25) is 5.78 Å². The van der Waals surface area contributed by atoms with Gasteiger partial charge < -0.3 is 10.2 Å². The molecule has 2 rings (SSSR count). The Bertz CT molecular complexity index is 497. The Kier molecular flexibility index (Phi) is 2.88. The van der Waals surface area contributed by atoms with Crippen LogP contribution in [0, 0.1) is 6.92 Å². The highest BCUT2D eigenvalue weighted by Gasteiger charge is 2.09. The predicted octanol–water partition coefficient (Wildman–Crippen LogP) is 2.40. The molecule has 3 nitrogen and oxygen atoms in total. The first-order chi connectivity index (χ1) is 7.70. The van der Waals surface area contributed by atoms with Gasteiger partial charge in [-0.3, -0.25) is 4.79 Å². The van der Waals surface area contributed by atoms with Crippen molar-refractivity contribution in [2.75, 3.05) is 6.54 Å². The molecule has 1 aromatic heterocycles. The van der Waals surface area contributed by atoms with Gasteiger partial charge in [-0.25, -0.2) is 0 Å². The molecular weight excluding hydrogens is 202 g/mol. The third kappa shape index (κ3) is 2.04. The van der Waals surface area contributed by atoms with Crippen molar-refractivity contribution in [3.8, 4) is 11.3 Å². The van der Waals surface area contributed by atoms with Crippen LogP contribution in [0.3, 0.4) is 0 Å². The number of hydrogen-bond acceptors (Lipinski definition) is 3. The Labute approximate surface area is 93.9 Å². The average molecular weight is 215 g/mol. The minimum absolute atomic E-state index is 0.0269. The first kappa shape index (κ1) is 10.6. The van der Waals surface area contributed by atoms with Crippen LogP contribution in [-0.4, -0.2) is 12.3 Å². The van der Waals surface area contributed by atoms with Gasteiger partial charge in [-0.2, -0.15) is 0 Å². The smallest absolute Gasteiger partial charge is 0.211 e. The third-order valence-electron chi connectivity index (χ3n) is 2.40. The van der Waals surface area contributed by atoms with Crippen LogP contribution in [0.4, 0.5) is 0 Å². The van der Waals surface area contributed by atoms with Crippen molar-refractivity contribution in [2.24, 2.45) is 5.73 Å². The largest absolute Gasteiger partial charge is 0.453 e. The van der Waals surface area contributed by atoms with E-state index < -0.39 is 0 Å². The summed E-state index contributed by atoms with van der Waals surface area (Å²) in [5.74, 6) is 0.827. The lowest BCUT2D eigenvalue weighted by atomic mass is 10.1. The van der Waals surface area contributed by atoms with Crippen molar-refractivity contribution < 1.29 is 9.21 Å². The van der Waals surface area contributed by atoms with E-state index in [1.165, 1.54) is 5.56 Å². The number of Topliss-reactive ketones (excluding diaryl/α,β-unsaturated/α-hetero) is 1. The third-order valence-corrected chi connectivity index (χ3v) is 2.40. The first-order valence-corrected chi connectivity index (χ1v) is 5.11. The van der Waals surface area contributed by atoms with Crippen molar-refractivity contribution in [1.82, 2.24) is 0 Å². The maximum Gasteiger partial charge on any atom is 0.211 e. The van der Waals surface area contributed by atoms with E-state index in [1.54, 1.807) is 12.1 Å². The second-order valence-corrected chi connectivity index (χ2v) is 3.66. The summed E-state index contributed by atoms with van der Waals surface area (Å²) in [7, 11) is 0. The molecule has 0 atom stereocenters. The van der Waals surface area contributed by atoms with E-state index in [0.29, 0.717) is 11.5 Å². The van der Waals surface area contributed by atoms with Crippen molar-refractivity contribution in [1.29, 1.82) is 0 Å². The Morgan fingerprint density at radius 2 is 1.88 bits per heavy atom. The lowest BCUT2D eigenvalue weighted by molar-refractivity contribution is 0.0976. The topological polar surface area (TPSA) is 56.2 Å². The maximum absolute atomic E-state index is 11.3. The Hall–Kier alpha value is -1.87. The zero-order chi connectivity index (χ0) is 11.5. The Morgan fingerprint density at radius 1 is 1.19 bits per heavy atom. The predicted molar refractivity (Wildman–Crippen MR) is 62.3 cm³/mol. The molecular formula is C13H13NO2. The molecule has 0 saturated carbocycles. The highest BCUT2D eigenvalue weighted by atomic mass is 16.3. The van der Waals surface area contributed by atoms with Crippen molar-refractivity contribution in [2.45, 2.75) is 6.92 Å². The van der Waals surface area contributed by atoms with Crippen LogP contribution in [0.5, 0.6) is 0 Å². The average Bonchev–Trinajstić information content (AvgIpc) is 2.78. The van der Waals surface area contributed by atoms with Crippen molar-refractivity contribution >= 4 is 5.78 Å². The van der Waals surface area contributed by atoms with E-state index in [-0.39, 0.29) is 12.3 Å². The van der Waals surface area contributed by atoms with Gasteiger partial charge in [-0.05, 0) is 19.1 Å². The van der Waals surface area contributed by atoms with Gasteiger partial charge >= 0.3 is 0 Å². The summed E-state index contributed by atoms with van der Waals surface area (Å²) < 4.78 is 5.43. The number of benzene rings is 1. The number of aryl methyl sites for hydroxylation is 1. The molecule has 0 fully saturated rings. The molecule has 0 bridgehead atoms. The summed E-state index contributed by atoms with van der Waals surface area (Å²) in [6.45, 7) is 2.00. The van der Waals surface area contributed by atoms with Crippen LogP contribution in [0.25, 0.3) is 11.3 Å². The van der Waals surface area contributed by atoms with Gasteiger partial charge in [-0.1, -0.05) is 29.8 Å². The molecule has 0 unspecified atom stereocenters. The number of furan rings is 1. The van der Waals surface area contributed by atoms with Gasteiger partial charge in [0.15, 0.2) is 5.76 Å². The Balaban J connectivity index is 2.31. The van der Waals surface area contributed by atoms with Crippen LogP contribution in [0.15, 0.2) is 40.8 Å². The zero-order valence-corrected chi connectivity index (χ0v) is 9.07. The summed E-state index contributed by atoms with van der Waals surface area (Å²) in [5.41, 5.74) is 7.41. The zero-order valence-electron chi connectivity index (χ0n) is 9.07. The molecule has 2 N–H and O–H groups in total. The summed E-state index contributed by atoms with van der Waals surface area (Å²) in [6, 6.07) is 11.4. The van der Waals surface area contributed by atoms with Crippen LogP contribution < -0.4 is 5.73 Å². The van der Waals surface area contributed by atoms with E-state index in [4.69, 9.17) is 10.2 Å². The lowest BCUT2D eigenvalue weighted by Gasteiger charge is -1.97. The molecule has 82 valence electrons. The summed E-state index contributed by atoms with van der Waals surface area (Å²) in [6.07, 6.45) is 0. The van der Waals surface area contributed by atoms with Crippen LogP contribution in [0.2, 0.25) is 0 Å². The van der Waals surface area contributed by atoms with E-state index in [9.17, 15) is 4.79 Å². The minimum atomic E-state index is -0.182. The van der Waals surface area contributed by atoms with Crippen LogP contribution >= 0.6 is 0 Å². The van der Waals surface area contributed by atoms with Crippen molar-refractivity contribution in [3.05, 3.63) is 47.7 Å². The molecule has 0 saturated heterocycles. The van der Waals surface area contributed by atoms with Gasteiger partial charge in [0, 0.05) is 5.56 Å². The highest BCUT2D eigenvalue weighted by Crippen LogP contribution is 2.22. The van der Waals surface area contributed by atoms with E-state index in [0.717, 1.165) is 5.56 Å². The molecule has 0 aliphatic heterocycles. The fourth-order valence-corrected chi connectivity index (χ4v) is 1.46. The SMILES string of the molecule is Cc1ccc(-c2ccc(C(=O)CN)o2)cc1. The van der Waals surface area contributed by atoms with Gasteiger partial charge in [0.1, 0.15) is 5.76 Å². The fraction of sp³-hybridized carbons (Fsp3) is 0.154. The maximum atomic E-state index is 11.3. The number of carbonyl (C=O) groups excluding carboxylic acids is 1. The standard InChI is InChI=1S/C13H13NO2/c1-9-2-4-10(5-3-9)12-6-7-13(16-12)11(15)8-14/h2-7H,8,14H2,1H3. The lowest BCUT2D eigenvalue weighted by Crippen LogP contribution is -2.12. The molecule has 0 aliphatic rings. The number of ketones is 1. The van der Waals surface area contributed by atoms with Gasteiger partial charge in [0.25, 0.3) is 0 Å². The van der Waals surface area contributed by atoms with Gasteiger partial charge in [0.05, 0.1) is 6.54 Å². The van der Waals surface area contributed by atoms with E-state index >= 15 is 0 Å². The van der Waals surface area contributed by atoms with E-state index in [2.05, 4.69) is 0 Å². The monoisotopic (exact) mass is 215 g/mol. The van der Waals surface area contributed by atoms with Gasteiger partial charge in [-0.15, -0.1) is 0 Å². The second kappa shape index (κ2) is 4.33. The summed E-state index contributed by atoms with van der Waals surface area (Å²) >= 11 is 0. The molecule has 0 radical (unpaired) electrons. The van der Waals surface area contributed by atoms with E-state index in [1.807, 2.05) is 31.2 Å². The fourth-order valence-electron chi connectivity index (χ4n) is 1.46. The summed E-state index contributed by atoms with van der Waals surface area (Å²) in [5, 5.41) is 0. The number of rotatable bonds is 3. The Morgan fingerprint density at radius 3 is 2.50 bits per heavy atom. The normalized spacial score (nSPS) is 10.4. The molecule has 1 heterocycles. The molecule has 1 aromatic carbocycles. The molecule has 0 spiro atoms. The van der Waals surface area contributed by atoms with Crippen LogP contribution in [0.1, 0.15) is 16.1 Å². The van der Waals surface area contributed by atoms with Crippen molar-refractivity contribution in [3.63, 3.8) is 0 Å². The summed E-state index contributed by atoms with van der Waals surface area (Å²) in [4.78, 5) is 11.3. The molecule has 3 heteroatoms. The number of hydrogen-bond donors (Lipinski definition) is 1. The number of nitrogens with two attached hydrogens (primary N) is 1.